The first-order chi connectivity index (χ1) is 7.63. The molecule has 7 heteroatoms. The van der Waals surface area contributed by atoms with E-state index in [9.17, 15) is 9.59 Å². The van der Waals surface area contributed by atoms with Crippen LogP contribution in [0.15, 0.2) is 18.6 Å². The van der Waals surface area contributed by atoms with Crippen molar-refractivity contribution in [2.24, 2.45) is 0 Å². The van der Waals surface area contributed by atoms with Gasteiger partial charge in [-0.05, 0) is 6.42 Å². The summed E-state index contributed by atoms with van der Waals surface area (Å²) in [6.45, 7) is 1.67. The molecule has 1 heterocycles. The predicted molar refractivity (Wildman–Crippen MR) is 55.9 cm³/mol. The molecule has 1 atom stereocenters. The molecule has 2 amide bonds. The van der Waals surface area contributed by atoms with Gasteiger partial charge in [-0.1, -0.05) is 6.92 Å². The number of amides is 2. The maximum Gasteiger partial charge on any atom is 0.326 e. The number of carbonyl (C=O) groups is 2. The molecule has 16 heavy (non-hydrogen) atoms. The maximum absolute atomic E-state index is 11.3. The number of hydrogen-bond donors (Lipinski definition) is 3. The van der Waals surface area contributed by atoms with E-state index in [0.29, 0.717) is 6.42 Å². The predicted octanol–water partition coefficient (Wildman–Crippen LogP) is 0.461. The fourth-order valence-electron chi connectivity index (χ4n) is 1.01. The van der Waals surface area contributed by atoms with Crippen LogP contribution in [0.1, 0.15) is 13.3 Å². The second-order valence-electron chi connectivity index (χ2n) is 2.99. The Hall–Kier alpha value is -2.18. The van der Waals surface area contributed by atoms with Crippen LogP contribution >= 0.6 is 0 Å². The number of urea groups is 1. The molecule has 0 saturated carbocycles. The lowest BCUT2D eigenvalue weighted by molar-refractivity contribution is -0.139. The van der Waals surface area contributed by atoms with Gasteiger partial charge in [0, 0.05) is 12.4 Å². The molecule has 7 nitrogen and oxygen atoms in total. The van der Waals surface area contributed by atoms with Crippen molar-refractivity contribution in [2.75, 3.05) is 5.32 Å². The van der Waals surface area contributed by atoms with E-state index in [1.807, 2.05) is 0 Å². The van der Waals surface area contributed by atoms with Crippen molar-refractivity contribution in [1.82, 2.24) is 15.3 Å². The average Bonchev–Trinajstić information content (AvgIpc) is 2.27. The summed E-state index contributed by atoms with van der Waals surface area (Å²) in [4.78, 5) is 29.5. The Morgan fingerprint density at radius 1 is 1.50 bits per heavy atom. The molecule has 0 aliphatic rings. The number of carboxylic acids is 1. The molecule has 0 radical (unpaired) electrons. The van der Waals surface area contributed by atoms with Gasteiger partial charge in [-0.25, -0.2) is 14.6 Å². The molecule has 1 aromatic heterocycles. The molecule has 1 unspecified atom stereocenters. The van der Waals surface area contributed by atoms with E-state index >= 15 is 0 Å². The molecule has 0 aliphatic carbocycles. The number of carbonyl (C=O) groups excluding carboxylic acids is 1. The number of carboxylic acid groups (broad SMARTS) is 1. The Morgan fingerprint density at radius 3 is 2.75 bits per heavy atom. The van der Waals surface area contributed by atoms with Crippen LogP contribution in [0, 0.1) is 0 Å². The van der Waals surface area contributed by atoms with Gasteiger partial charge in [0.2, 0.25) is 0 Å². The molecule has 0 aromatic carbocycles. The monoisotopic (exact) mass is 224 g/mol. The fourth-order valence-corrected chi connectivity index (χ4v) is 1.01. The van der Waals surface area contributed by atoms with Crippen molar-refractivity contribution in [2.45, 2.75) is 19.4 Å². The molecule has 0 bridgehead atoms. The number of nitrogens with one attached hydrogen (secondary N) is 2. The summed E-state index contributed by atoms with van der Waals surface area (Å²) in [7, 11) is 0. The second kappa shape index (κ2) is 5.64. The van der Waals surface area contributed by atoms with Gasteiger partial charge in [0.05, 0.1) is 6.20 Å². The first kappa shape index (κ1) is 11.9. The second-order valence-corrected chi connectivity index (χ2v) is 2.99. The van der Waals surface area contributed by atoms with Gasteiger partial charge in [0.1, 0.15) is 6.04 Å². The van der Waals surface area contributed by atoms with Gasteiger partial charge in [0.15, 0.2) is 5.82 Å². The highest BCUT2D eigenvalue weighted by atomic mass is 16.4. The fraction of sp³-hybridized carbons (Fsp3) is 0.333. The van der Waals surface area contributed by atoms with Crippen LogP contribution in [0.4, 0.5) is 10.6 Å². The quantitative estimate of drug-likeness (QED) is 0.689. The van der Waals surface area contributed by atoms with Crippen molar-refractivity contribution < 1.29 is 14.7 Å². The normalized spacial score (nSPS) is 11.6. The third kappa shape index (κ3) is 3.52. The van der Waals surface area contributed by atoms with Crippen molar-refractivity contribution >= 4 is 17.8 Å². The van der Waals surface area contributed by atoms with Crippen molar-refractivity contribution in [3.8, 4) is 0 Å². The summed E-state index contributed by atoms with van der Waals surface area (Å²) >= 11 is 0. The maximum atomic E-state index is 11.3. The number of anilines is 1. The minimum Gasteiger partial charge on any atom is -0.480 e. The smallest absolute Gasteiger partial charge is 0.326 e. The van der Waals surface area contributed by atoms with Gasteiger partial charge < -0.3 is 10.4 Å². The van der Waals surface area contributed by atoms with Gasteiger partial charge >= 0.3 is 12.0 Å². The highest BCUT2D eigenvalue weighted by molar-refractivity contribution is 5.91. The summed E-state index contributed by atoms with van der Waals surface area (Å²) in [5, 5.41) is 13.4. The van der Waals surface area contributed by atoms with Gasteiger partial charge in [-0.15, -0.1) is 0 Å². The SMILES string of the molecule is CCC(NC(=O)Nc1cnccn1)C(=O)O. The zero-order valence-electron chi connectivity index (χ0n) is 8.67. The van der Waals surface area contributed by atoms with Gasteiger partial charge in [-0.3, -0.25) is 10.3 Å². The van der Waals surface area contributed by atoms with Crippen LogP contribution < -0.4 is 10.6 Å². The highest BCUT2D eigenvalue weighted by Gasteiger charge is 2.17. The van der Waals surface area contributed by atoms with E-state index in [2.05, 4.69) is 20.6 Å². The summed E-state index contributed by atoms with van der Waals surface area (Å²) in [6, 6.07) is -1.52. The van der Waals surface area contributed by atoms with E-state index < -0.39 is 18.0 Å². The van der Waals surface area contributed by atoms with Crippen LogP contribution in [-0.2, 0) is 4.79 Å². The molecular weight excluding hydrogens is 212 g/mol. The summed E-state index contributed by atoms with van der Waals surface area (Å²) in [5.74, 6) is -0.808. The third-order valence-corrected chi connectivity index (χ3v) is 1.82. The lowest BCUT2D eigenvalue weighted by Gasteiger charge is -2.12. The molecule has 0 fully saturated rings. The van der Waals surface area contributed by atoms with E-state index in [4.69, 9.17) is 5.11 Å². The molecule has 0 saturated heterocycles. The molecule has 3 N–H and O–H groups in total. The van der Waals surface area contributed by atoms with Crippen LogP contribution in [-0.4, -0.2) is 33.1 Å². The first-order valence-electron chi connectivity index (χ1n) is 4.69. The Balaban J connectivity index is 2.50. The zero-order valence-corrected chi connectivity index (χ0v) is 8.67. The Labute approximate surface area is 91.9 Å². The highest BCUT2D eigenvalue weighted by Crippen LogP contribution is 1.97. The number of rotatable bonds is 4. The van der Waals surface area contributed by atoms with E-state index in [0.717, 1.165) is 0 Å². The van der Waals surface area contributed by atoms with Crippen LogP contribution in [0.2, 0.25) is 0 Å². The molecule has 1 rings (SSSR count). The van der Waals surface area contributed by atoms with Crippen molar-refractivity contribution in [3.05, 3.63) is 18.6 Å². The number of hydrogen-bond acceptors (Lipinski definition) is 4. The number of nitrogens with zero attached hydrogens (tertiary/aromatic N) is 2. The number of aromatic nitrogens is 2. The lowest BCUT2D eigenvalue weighted by Crippen LogP contribution is -2.42. The summed E-state index contributed by atoms with van der Waals surface area (Å²) in [5.41, 5.74) is 0. The van der Waals surface area contributed by atoms with Crippen LogP contribution in [0.25, 0.3) is 0 Å². The van der Waals surface area contributed by atoms with Gasteiger partial charge in [-0.2, -0.15) is 0 Å². The largest absolute Gasteiger partial charge is 0.480 e. The van der Waals surface area contributed by atoms with E-state index in [1.54, 1.807) is 6.92 Å². The van der Waals surface area contributed by atoms with Crippen LogP contribution in [0.5, 0.6) is 0 Å². The summed E-state index contributed by atoms with van der Waals surface area (Å²) in [6.07, 6.45) is 4.56. The molecule has 0 aliphatic heterocycles. The summed E-state index contributed by atoms with van der Waals surface area (Å²) < 4.78 is 0. The Bertz CT molecular complexity index is 368. The van der Waals surface area contributed by atoms with E-state index in [1.165, 1.54) is 18.6 Å². The first-order valence-corrected chi connectivity index (χ1v) is 4.69. The Morgan fingerprint density at radius 2 is 2.25 bits per heavy atom. The minimum absolute atomic E-state index is 0.264. The van der Waals surface area contributed by atoms with Gasteiger partial charge in [0.25, 0.3) is 0 Å². The molecular formula is C9H12N4O3. The standard InChI is InChI=1S/C9H12N4O3/c1-2-6(8(14)15)12-9(16)13-7-5-10-3-4-11-7/h3-6H,2H2,1H3,(H,14,15)(H2,11,12,13,16). The lowest BCUT2D eigenvalue weighted by atomic mass is 10.2. The minimum atomic E-state index is -1.07. The Kier molecular flexibility index (Phi) is 4.19. The van der Waals surface area contributed by atoms with E-state index in [-0.39, 0.29) is 5.82 Å². The third-order valence-electron chi connectivity index (χ3n) is 1.82. The topological polar surface area (TPSA) is 104 Å². The van der Waals surface area contributed by atoms with Crippen molar-refractivity contribution in [1.29, 1.82) is 0 Å². The zero-order chi connectivity index (χ0) is 12.0. The average molecular weight is 224 g/mol. The number of aliphatic carboxylic acids is 1. The van der Waals surface area contributed by atoms with Crippen LogP contribution in [0.3, 0.4) is 0 Å². The molecule has 0 spiro atoms. The molecule has 1 aromatic rings. The van der Waals surface area contributed by atoms with Crippen molar-refractivity contribution in [3.63, 3.8) is 0 Å². The molecule has 86 valence electrons.